The molecule has 7 aliphatic rings. The van der Waals surface area contributed by atoms with Crippen LogP contribution in [0.15, 0.2) is 116 Å². The number of nitrogens with zero attached hydrogens (tertiary/aromatic N) is 10. The van der Waals surface area contributed by atoms with Crippen LogP contribution in [-0.4, -0.2) is 181 Å². The highest BCUT2D eigenvalue weighted by Gasteiger charge is 2.51. The Morgan fingerprint density at radius 2 is 1.15 bits per heavy atom. The van der Waals surface area contributed by atoms with Gasteiger partial charge in [0.1, 0.15) is 72.0 Å². The van der Waals surface area contributed by atoms with Crippen LogP contribution in [0.5, 0.6) is 17.2 Å². The molecule has 0 bridgehead atoms. The number of piperidine rings is 2. The molecule has 0 unspecified atom stereocenters. The van der Waals surface area contributed by atoms with E-state index in [-0.39, 0.29) is 115 Å². The van der Waals surface area contributed by atoms with E-state index >= 15 is 0 Å². The van der Waals surface area contributed by atoms with Crippen LogP contribution in [0.4, 0.5) is 26.0 Å². The molecule has 4 aromatic carbocycles. The fourth-order valence-corrected chi connectivity index (χ4v) is 12.9. The Bertz CT molecular complexity index is 4580. The van der Waals surface area contributed by atoms with Crippen LogP contribution >= 0.6 is 0 Å². The number of alkyl halides is 2. The van der Waals surface area contributed by atoms with Gasteiger partial charge < -0.3 is 59.8 Å². The number of aryl methyl sites for hydroxylation is 1. The van der Waals surface area contributed by atoms with Crippen LogP contribution in [-0.2, 0) is 33.5 Å². The molecule has 27 nitrogen and oxygen atoms in total. The van der Waals surface area contributed by atoms with Gasteiger partial charge in [0.05, 0.1) is 72.4 Å². The number of carbonyl (C=O) groups excluding carboxylic acids is 6. The van der Waals surface area contributed by atoms with Crippen LogP contribution in [0.25, 0.3) is 33.5 Å². The summed E-state index contributed by atoms with van der Waals surface area (Å²) < 4.78 is 52.6. The fourth-order valence-electron chi connectivity index (χ4n) is 12.9. The van der Waals surface area contributed by atoms with Gasteiger partial charge in [-0.15, -0.1) is 5.10 Å². The molecule has 6 N–H and O–H groups in total. The number of pyridine rings is 2. The highest BCUT2D eigenvalue weighted by Crippen LogP contribution is 2.43. The summed E-state index contributed by atoms with van der Waals surface area (Å²) in [4.78, 5) is 102. The Balaban J connectivity index is 0.000000148. The molecular weight excluding hydrogens is 1350 g/mol. The third-order valence-corrected chi connectivity index (χ3v) is 19.2. The van der Waals surface area contributed by atoms with Crippen LogP contribution in [0.2, 0.25) is 0 Å². The molecule has 3 aliphatic carbocycles. The Hall–Kier alpha value is -11.7. The second-order valence-corrected chi connectivity index (χ2v) is 27.1. The van der Waals surface area contributed by atoms with Crippen LogP contribution in [0.1, 0.15) is 91.4 Å². The number of aromatic nitrogens is 5. The van der Waals surface area contributed by atoms with Crippen LogP contribution in [0, 0.1) is 76.4 Å². The largest absolute Gasteiger partial charge is 0.489 e. The van der Waals surface area contributed by atoms with Crippen molar-refractivity contribution in [2.45, 2.75) is 95.9 Å². The number of likely N-dealkylation sites (tertiary alicyclic amines) is 3. The van der Waals surface area contributed by atoms with Gasteiger partial charge in [0.15, 0.2) is 12.3 Å². The van der Waals surface area contributed by atoms with E-state index in [1.165, 1.54) is 9.80 Å². The lowest BCUT2D eigenvalue weighted by atomic mass is 10.0. The van der Waals surface area contributed by atoms with Crippen LogP contribution in [0.3, 0.4) is 0 Å². The maximum atomic E-state index is 15.0. The number of aliphatic hydroxyl groups is 1. The number of nitrogens with one attached hydrogen (secondary N) is 4. The minimum absolute atomic E-state index is 0.00197. The molecule has 4 saturated heterocycles. The molecule has 3 saturated carbocycles. The second-order valence-electron chi connectivity index (χ2n) is 27.1. The molecule has 0 radical (unpaired) electrons. The van der Waals surface area contributed by atoms with Crippen molar-refractivity contribution in [3.05, 3.63) is 144 Å². The first-order chi connectivity index (χ1) is 50.7. The van der Waals surface area contributed by atoms with Gasteiger partial charge >= 0.3 is 5.97 Å². The number of hydrogen-bond donors (Lipinski definition) is 6. The lowest BCUT2D eigenvalue weighted by Gasteiger charge is -2.37. The van der Waals surface area contributed by atoms with Crippen molar-refractivity contribution in [1.82, 2.24) is 39.8 Å². The second kappa shape index (κ2) is 32.7. The number of carboxylic acids is 1. The molecule has 8 atom stereocenters. The number of aliphatic carboxylic acids is 1. The maximum absolute atomic E-state index is 15.0. The Morgan fingerprint density at radius 3 is 1.74 bits per heavy atom. The minimum Gasteiger partial charge on any atom is -0.489 e. The van der Waals surface area contributed by atoms with E-state index in [1.54, 1.807) is 104 Å². The summed E-state index contributed by atoms with van der Waals surface area (Å²) in [6, 6.07) is 35.8. The lowest BCUT2D eigenvalue weighted by Crippen LogP contribution is -2.50. The molecule has 14 rings (SSSR count). The number of amides is 6. The van der Waals surface area contributed by atoms with E-state index in [0.29, 0.717) is 83.1 Å². The molecule has 4 aliphatic heterocycles. The predicted octanol–water partition coefficient (Wildman–Crippen LogP) is 8.45. The van der Waals surface area contributed by atoms with Gasteiger partial charge in [0, 0.05) is 87.1 Å². The molecule has 7 aromatic rings. The predicted molar refractivity (Wildman–Crippen MR) is 374 cm³/mol. The summed E-state index contributed by atoms with van der Waals surface area (Å²) in [5.41, 5.74) is 6.37. The topological polar surface area (TPSA) is 381 Å². The number of ether oxygens (including phenoxy) is 4. The Labute approximate surface area is 602 Å². The summed E-state index contributed by atoms with van der Waals surface area (Å²) in [6.07, 6.45) is 3.58. The van der Waals surface area contributed by atoms with Crippen molar-refractivity contribution < 1.29 is 71.5 Å². The van der Waals surface area contributed by atoms with E-state index in [4.69, 9.17) is 29.2 Å². The number of aliphatic hydroxyl groups excluding tert-OH is 1. The first-order valence-corrected chi connectivity index (χ1v) is 34.8. The molecule has 542 valence electrons. The van der Waals surface area contributed by atoms with E-state index in [0.717, 1.165) is 55.5 Å². The Morgan fingerprint density at radius 1 is 0.600 bits per heavy atom. The molecule has 105 heavy (non-hydrogen) atoms. The number of H-pyrrole nitrogens is 1. The Kier molecular flexibility index (Phi) is 22.8. The molecule has 7 heterocycles. The number of benzene rings is 4. The summed E-state index contributed by atoms with van der Waals surface area (Å²) in [5, 5.41) is 61.9. The average Bonchev–Trinajstić information content (AvgIpc) is 1.63. The van der Waals surface area contributed by atoms with Crippen molar-refractivity contribution in [2.24, 2.45) is 35.5 Å². The van der Waals surface area contributed by atoms with Gasteiger partial charge in [-0.2, -0.15) is 15.8 Å². The van der Waals surface area contributed by atoms with Crippen molar-refractivity contribution in [3.8, 4) is 69.0 Å². The number of halogens is 2. The van der Waals surface area contributed by atoms with E-state index in [2.05, 4.69) is 66.2 Å². The van der Waals surface area contributed by atoms with Crippen molar-refractivity contribution in [3.63, 3.8) is 0 Å². The van der Waals surface area contributed by atoms with Gasteiger partial charge in [-0.1, -0.05) is 31.2 Å². The molecule has 7 fully saturated rings. The monoisotopic (exact) mass is 1430 g/mol. The summed E-state index contributed by atoms with van der Waals surface area (Å²) in [5.74, 6) is -1.44. The smallest absolute Gasteiger partial charge is 0.307 e. The number of carbonyl (C=O) groups is 7. The summed E-state index contributed by atoms with van der Waals surface area (Å²) >= 11 is 0. The van der Waals surface area contributed by atoms with Gasteiger partial charge in [-0.05, 0) is 140 Å². The number of carboxylic acid groups (broad SMARTS) is 1. The van der Waals surface area contributed by atoms with E-state index < -0.39 is 60.8 Å². The molecule has 3 aromatic heterocycles. The minimum atomic E-state index is -1.46. The van der Waals surface area contributed by atoms with Gasteiger partial charge in [0.25, 0.3) is 5.91 Å². The summed E-state index contributed by atoms with van der Waals surface area (Å²) in [6.45, 7) is 6.23. The average molecular weight is 1430 g/mol. The van der Waals surface area contributed by atoms with Gasteiger partial charge in [-0.3, -0.25) is 43.6 Å². The van der Waals surface area contributed by atoms with Gasteiger partial charge in [-0.25, -0.2) is 18.7 Å². The molecule has 0 spiro atoms. The van der Waals surface area contributed by atoms with E-state index in [1.807, 2.05) is 23.1 Å². The highest BCUT2D eigenvalue weighted by atomic mass is 19.1. The number of nitriles is 3. The zero-order valence-corrected chi connectivity index (χ0v) is 57.5. The van der Waals surface area contributed by atoms with Crippen molar-refractivity contribution in [1.29, 1.82) is 15.8 Å². The first kappa shape index (κ1) is 73.0. The first-order valence-electron chi connectivity index (χ1n) is 34.8. The summed E-state index contributed by atoms with van der Waals surface area (Å²) in [7, 11) is 0. The zero-order valence-electron chi connectivity index (χ0n) is 57.5. The van der Waals surface area contributed by atoms with Crippen molar-refractivity contribution in [2.75, 3.05) is 75.0 Å². The highest BCUT2D eigenvalue weighted by molar-refractivity contribution is 6.00. The normalized spacial score (nSPS) is 21.6. The maximum Gasteiger partial charge on any atom is 0.307 e. The van der Waals surface area contributed by atoms with Gasteiger partial charge in [0.2, 0.25) is 35.4 Å². The fraction of sp³-hybridized carbons (Fsp3) is 0.395. The molecular formula is C76H76F2N14O13. The number of hydrogen-bond acceptors (Lipinski definition) is 19. The number of anilines is 3. The zero-order chi connectivity index (χ0) is 74.0. The molecule has 29 heteroatoms. The third kappa shape index (κ3) is 18.2. The third-order valence-electron chi connectivity index (χ3n) is 19.2. The van der Waals surface area contributed by atoms with Crippen LogP contribution < -0.4 is 30.2 Å². The SMILES string of the molecule is CC1CN(C(=O)[C@@H]2C[C@H]2C(=O)Nc2cc(-c3ccc(OC4CCOCC4)c(C#N)c3)ccn2)C1.Cc1nc(C(=O)N2CC[C@H](Oc3ccc(-c4cc(NC(=O)C5CC5)ccn4)cc3C#N)[C@H](F)C2)n[nH]1.N#Cc1cc(-c2cccc(NC(=O)[C@@H]3C[C@@H]3C(=O)O)c2)ccc1O[C@H]1CCN(C(=O)CO)C[C@H]1F. The van der Waals surface area contributed by atoms with Crippen molar-refractivity contribution >= 4 is 58.6 Å². The quantitative estimate of drug-likeness (QED) is 0.0442. The lowest BCUT2D eigenvalue weighted by molar-refractivity contribution is -0.140. The van der Waals surface area contributed by atoms with E-state index in [9.17, 15) is 58.1 Å². The number of aromatic amines is 1. The standard InChI is InChI=1S/C26H28N4O4.C25H24FN7O3.C25H24FN3O6/c1-16-14-30(15-16)26(32)22-12-21(22)25(31)29-24-11-18(4-7-28-24)17-2-3-23(19(10-17)13-27)34-20-5-8-33-9-6-20;1-14-29-23(32-31-14)25(35)33-9-7-22(19(26)13-33)36-21-5-4-16(10-17(21)12-27)20-11-18(6-8-28-20)30-24(34)15-2-3-15;26-20-12-29(23(31)13-30)7-6-22(20)35-21-5-4-15(8-16(21)11-27)14-2-1-3-17(9-14)28-24(32)18-10-19(18)25(33)34/h2-4,7,10-11,16,20-22H,5-6,8-9,12,14-15H2,1H3,(H,28,29,31);4-6,8,10-11,15,19,22H,2-3,7,9,13H2,1H3,(H,28,30,34)(H,29,31,32);1-5,8-9,18-20,22,30H,6-7,10,12-13H2,(H,28,32)(H,33,34)/t21-,22-;19-,22+;18-,19+,20-,22+/m111/s1. The number of rotatable bonds is 19. The molecule has 6 amide bonds.